The molecule has 122 valence electrons. The predicted octanol–water partition coefficient (Wildman–Crippen LogP) is 3.57. The quantitative estimate of drug-likeness (QED) is 0.808. The van der Waals surface area contributed by atoms with E-state index >= 15 is 0 Å². The normalized spacial score (nSPS) is 15.1. The average Bonchev–Trinajstić information content (AvgIpc) is 3.33. The van der Waals surface area contributed by atoms with Crippen LogP contribution in [0.1, 0.15) is 18.4 Å². The summed E-state index contributed by atoms with van der Waals surface area (Å²) in [6.45, 7) is 0.460. The maximum absolute atomic E-state index is 13.9. The third-order valence-electron chi connectivity index (χ3n) is 3.89. The SMILES string of the molecule is O=S(=O)(c1ccccc1F)N(Cc1ccc(F)cc1)CC1CC1. The van der Waals surface area contributed by atoms with E-state index < -0.39 is 15.8 Å². The molecular weight excluding hydrogens is 320 g/mol. The van der Waals surface area contributed by atoms with Crippen LogP contribution < -0.4 is 0 Å². The topological polar surface area (TPSA) is 37.4 Å². The maximum atomic E-state index is 13.9. The Morgan fingerprint density at radius 1 is 1.00 bits per heavy atom. The van der Waals surface area contributed by atoms with Crippen LogP contribution in [0.5, 0.6) is 0 Å². The second-order valence-electron chi connectivity index (χ2n) is 5.80. The van der Waals surface area contributed by atoms with Gasteiger partial charge < -0.3 is 0 Å². The van der Waals surface area contributed by atoms with Crippen LogP contribution in [0.4, 0.5) is 8.78 Å². The van der Waals surface area contributed by atoms with Gasteiger partial charge in [0.2, 0.25) is 10.0 Å². The van der Waals surface area contributed by atoms with Crippen molar-refractivity contribution in [2.45, 2.75) is 24.3 Å². The van der Waals surface area contributed by atoms with Gasteiger partial charge in [-0.3, -0.25) is 0 Å². The Bertz CT molecular complexity index is 786. The summed E-state index contributed by atoms with van der Waals surface area (Å²) in [6, 6.07) is 11.1. The molecule has 3 nitrogen and oxygen atoms in total. The molecule has 0 atom stereocenters. The minimum Gasteiger partial charge on any atom is -0.207 e. The largest absolute Gasteiger partial charge is 0.246 e. The molecule has 1 saturated carbocycles. The molecule has 0 amide bonds. The van der Waals surface area contributed by atoms with Crippen molar-refractivity contribution in [3.05, 3.63) is 65.7 Å². The van der Waals surface area contributed by atoms with Crippen molar-refractivity contribution >= 4 is 10.0 Å². The van der Waals surface area contributed by atoms with Gasteiger partial charge in [-0.25, -0.2) is 17.2 Å². The van der Waals surface area contributed by atoms with Gasteiger partial charge in [-0.15, -0.1) is 0 Å². The van der Waals surface area contributed by atoms with Gasteiger partial charge in [0.25, 0.3) is 0 Å². The summed E-state index contributed by atoms with van der Waals surface area (Å²) >= 11 is 0. The molecule has 3 rings (SSSR count). The Hall–Kier alpha value is -1.79. The van der Waals surface area contributed by atoms with E-state index in [1.165, 1.54) is 34.6 Å². The molecular formula is C17H17F2NO2S. The Morgan fingerprint density at radius 2 is 1.65 bits per heavy atom. The van der Waals surface area contributed by atoms with E-state index in [1.807, 2.05) is 0 Å². The van der Waals surface area contributed by atoms with Crippen molar-refractivity contribution in [1.29, 1.82) is 0 Å². The Balaban J connectivity index is 1.91. The zero-order valence-electron chi connectivity index (χ0n) is 12.5. The molecule has 0 unspecified atom stereocenters. The molecule has 1 aliphatic rings. The van der Waals surface area contributed by atoms with Crippen LogP contribution in [0.3, 0.4) is 0 Å². The first-order valence-electron chi connectivity index (χ1n) is 7.46. The fraction of sp³-hybridized carbons (Fsp3) is 0.294. The fourth-order valence-electron chi connectivity index (χ4n) is 2.42. The smallest absolute Gasteiger partial charge is 0.207 e. The Kier molecular flexibility index (Phi) is 4.46. The summed E-state index contributed by atoms with van der Waals surface area (Å²) in [5.74, 6) is -0.816. The van der Waals surface area contributed by atoms with Crippen molar-refractivity contribution in [3.8, 4) is 0 Å². The van der Waals surface area contributed by atoms with Crippen LogP contribution in [0.25, 0.3) is 0 Å². The minimum absolute atomic E-state index is 0.105. The zero-order valence-corrected chi connectivity index (χ0v) is 13.3. The zero-order chi connectivity index (χ0) is 16.4. The fourth-order valence-corrected chi connectivity index (χ4v) is 3.99. The number of benzene rings is 2. The number of rotatable bonds is 6. The number of sulfonamides is 1. The summed E-state index contributed by atoms with van der Waals surface area (Å²) in [5, 5.41) is 0. The predicted molar refractivity (Wildman–Crippen MR) is 83.1 cm³/mol. The van der Waals surface area contributed by atoms with E-state index in [9.17, 15) is 17.2 Å². The highest BCUT2D eigenvalue weighted by atomic mass is 32.2. The molecule has 0 heterocycles. The van der Waals surface area contributed by atoms with Crippen LogP contribution in [0.15, 0.2) is 53.4 Å². The highest BCUT2D eigenvalue weighted by Gasteiger charge is 2.33. The van der Waals surface area contributed by atoms with E-state index in [2.05, 4.69) is 0 Å². The van der Waals surface area contributed by atoms with Crippen molar-refractivity contribution in [2.75, 3.05) is 6.54 Å². The standard InChI is InChI=1S/C17H17F2NO2S/c18-15-9-7-14(8-10-15)12-20(11-13-5-6-13)23(21,22)17-4-2-1-3-16(17)19/h1-4,7-10,13H,5-6,11-12H2. The second kappa shape index (κ2) is 6.37. The van der Waals surface area contributed by atoms with Gasteiger partial charge in [0.05, 0.1) is 0 Å². The Labute approximate surface area is 134 Å². The number of hydrogen-bond acceptors (Lipinski definition) is 2. The average molecular weight is 337 g/mol. The lowest BCUT2D eigenvalue weighted by Gasteiger charge is -2.22. The molecule has 6 heteroatoms. The lowest BCUT2D eigenvalue weighted by atomic mass is 10.2. The molecule has 2 aromatic rings. The van der Waals surface area contributed by atoms with Gasteiger partial charge in [-0.05, 0) is 48.6 Å². The van der Waals surface area contributed by atoms with Crippen molar-refractivity contribution < 1.29 is 17.2 Å². The summed E-state index contributed by atoms with van der Waals surface area (Å²) in [5.41, 5.74) is 0.673. The lowest BCUT2D eigenvalue weighted by molar-refractivity contribution is 0.388. The van der Waals surface area contributed by atoms with Crippen LogP contribution in [0, 0.1) is 17.6 Å². The molecule has 0 aromatic heterocycles. The van der Waals surface area contributed by atoms with Gasteiger partial charge in [0.15, 0.2) is 0 Å². The number of halogens is 2. The van der Waals surface area contributed by atoms with Crippen LogP contribution in [0.2, 0.25) is 0 Å². The minimum atomic E-state index is -3.93. The lowest BCUT2D eigenvalue weighted by Crippen LogP contribution is -2.33. The van der Waals surface area contributed by atoms with Gasteiger partial charge in [-0.2, -0.15) is 4.31 Å². The second-order valence-corrected chi connectivity index (χ2v) is 7.70. The third-order valence-corrected chi connectivity index (χ3v) is 5.73. The number of nitrogens with zero attached hydrogens (tertiary/aromatic N) is 1. The summed E-state index contributed by atoms with van der Waals surface area (Å²) in [7, 11) is -3.93. The molecule has 0 saturated heterocycles. The van der Waals surface area contributed by atoms with Crippen LogP contribution in [-0.2, 0) is 16.6 Å². The Morgan fingerprint density at radius 3 is 2.26 bits per heavy atom. The van der Waals surface area contributed by atoms with E-state index in [-0.39, 0.29) is 17.3 Å². The molecule has 0 radical (unpaired) electrons. The highest BCUT2D eigenvalue weighted by Crippen LogP contribution is 2.32. The van der Waals surface area contributed by atoms with E-state index in [0.29, 0.717) is 18.0 Å². The molecule has 23 heavy (non-hydrogen) atoms. The number of hydrogen-bond donors (Lipinski definition) is 0. The first kappa shape index (κ1) is 16.1. The molecule has 0 spiro atoms. The van der Waals surface area contributed by atoms with Gasteiger partial charge in [0.1, 0.15) is 16.5 Å². The summed E-state index contributed by atoms with van der Waals surface area (Å²) in [6.07, 6.45) is 1.96. The van der Waals surface area contributed by atoms with Gasteiger partial charge in [-0.1, -0.05) is 24.3 Å². The monoisotopic (exact) mass is 337 g/mol. The maximum Gasteiger partial charge on any atom is 0.246 e. The first-order chi connectivity index (χ1) is 11.0. The van der Waals surface area contributed by atoms with E-state index in [0.717, 1.165) is 18.9 Å². The molecule has 0 aliphatic heterocycles. The van der Waals surface area contributed by atoms with E-state index in [1.54, 1.807) is 12.1 Å². The van der Waals surface area contributed by atoms with Gasteiger partial charge >= 0.3 is 0 Å². The van der Waals surface area contributed by atoms with Crippen molar-refractivity contribution in [2.24, 2.45) is 5.92 Å². The third kappa shape index (κ3) is 3.76. The van der Waals surface area contributed by atoms with E-state index in [4.69, 9.17) is 0 Å². The van der Waals surface area contributed by atoms with Crippen LogP contribution >= 0.6 is 0 Å². The molecule has 2 aromatic carbocycles. The summed E-state index contributed by atoms with van der Waals surface area (Å²) < 4.78 is 53.8. The molecule has 0 N–H and O–H groups in total. The summed E-state index contributed by atoms with van der Waals surface area (Å²) in [4.78, 5) is -0.317. The molecule has 0 bridgehead atoms. The van der Waals surface area contributed by atoms with Crippen molar-refractivity contribution in [3.63, 3.8) is 0 Å². The molecule has 1 fully saturated rings. The highest BCUT2D eigenvalue weighted by molar-refractivity contribution is 7.89. The molecule has 1 aliphatic carbocycles. The van der Waals surface area contributed by atoms with Crippen molar-refractivity contribution in [1.82, 2.24) is 4.31 Å². The van der Waals surface area contributed by atoms with Gasteiger partial charge in [0, 0.05) is 13.1 Å². The first-order valence-corrected chi connectivity index (χ1v) is 8.90. The van der Waals surface area contributed by atoms with Crippen LogP contribution in [-0.4, -0.2) is 19.3 Å².